The van der Waals surface area contributed by atoms with E-state index in [-0.39, 0.29) is 11.7 Å². The molecule has 6 nitrogen and oxygen atoms in total. The molecule has 0 unspecified atom stereocenters. The van der Waals surface area contributed by atoms with E-state index in [1.807, 2.05) is 48.5 Å². The van der Waals surface area contributed by atoms with Gasteiger partial charge in [-0.15, -0.1) is 0 Å². The first-order valence-corrected chi connectivity index (χ1v) is 9.19. The molecule has 6 heteroatoms. The fraction of sp³-hybridized carbons (Fsp3) is 0.333. The maximum Gasteiger partial charge on any atom is 0.279 e. The zero-order valence-electron chi connectivity index (χ0n) is 15.8. The Bertz CT molecular complexity index is 797. The number of nitrogens with one attached hydrogen (secondary N) is 2. The molecule has 1 aliphatic rings. The second-order valence-corrected chi connectivity index (χ2v) is 6.77. The van der Waals surface area contributed by atoms with Crippen molar-refractivity contribution in [3.05, 3.63) is 54.1 Å². The third-order valence-electron chi connectivity index (χ3n) is 4.90. The Balaban J connectivity index is 1.50. The number of quaternary nitrogens is 1. The molecule has 0 spiro atoms. The molecule has 0 atom stereocenters. The molecule has 1 heterocycles. The van der Waals surface area contributed by atoms with E-state index in [0.717, 1.165) is 37.4 Å². The molecule has 0 aliphatic carbocycles. The van der Waals surface area contributed by atoms with Crippen LogP contribution < -0.4 is 19.9 Å². The van der Waals surface area contributed by atoms with E-state index < -0.39 is 0 Å². The van der Waals surface area contributed by atoms with Crippen LogP contribution >= 0.6 is 0 Å². The number of methoxy groups -OCH3 is 1. The number of rotatable bonds is 6. The summed E-state index contributed by atoms with van der Waals surface area (Å²) in [6, 6.07) is 15.2. The van der Waals surface area contributed by atoms with E-state index in [1.165, 1.54) is 4.90 Å². The molecular formula is C21H26N3O3+. The van der Waals surface area contributed by atoms with Gasteiger partial charge in [-0.1, -0.05) is 12.1 Å². The lowest BCUT2D eigenvalue weighted by Gasteiger charge is -2.33. The first-order chi connectivity index (χ1) is 13.1. The van der Waals surface area contributed by atoms with Crippen molar-refractivity contribution in [2.45, 2.75) is 6.92 Å². The number of amides is 1. The number of carbonyl (C=O) groups excluding carboxylic acids is 2. The Labute approximate surface area is 159 Å². The molecule has 0 saturated carbocycles. The van der Waals surface area contributed by atoms with Gasteiger partial charge < -0.3 is 19.9 Å². The number of hydrogen-bond acceptors (Lipinski definition) is 4. The predicted octanol–water partition coefficient (Wildman–Crippen LogP) is 1.24. The molecule has 1 aliphatic heterocycles. The van der Waals surface area contributed by atoms with Gasteiger partial charge in [0.15, 0.2) is 12.3 Å². The van der Waals surface area contributed by atoms with Crippen LogP contribution in [-0.2, 0) is 4.79 Å². The summed E-state index contributed by atoms with van der Waals surface area (Å²) in [5.41, 5.74) is 2.56. The number of benzene rings is 2. The number of nitrogens with zero attached hydrogens (tertiary/aromatic N) is 1. The zero-order chi connectivity index (χ0) is 19.2. The summed E-state index contributed by atoms with van der Waals surface area (Å²) in [4.78, 5) is 27.3. The highest BCUT2D eigenvalue weighted by Gasteiger charge is 2.22. The maximum absolute atomic E-state index is 12.4. The Morgan fingerprint density at radius 3 is 2.37 bits per heavy atom. The molecule has 0 radical (unpaired) electrons. The summed E-state index contributed by atoms with van der Waals surface area (Å²) in [5.74, 6) is 0.741. The second-order valence-electron chi connectivity index (χ2n) is 6.77. The molecule has 2 aromatic rings. The lowest BCUT2D eigenvalue weighted by atomic mass is 10.1. The molecule has 142 valence electrons. The standard InChI is InChI=1S/C21H25N3O3/c1-16(25)17-7-9-18(10-8-17)24-13-11-23(12-14-24)15-21(26)22-19-5-3-4-6-20(19)27-2/h3-10H,11-15H2,1-2H3,(H,22,26)/p+1. The summed E-state index contributed by atoms with van der Waals surface area (Å²) >= 11 is 0. The van der Waals surface area contributed by atoms with Gasteiger partial charge in [0.1, 0.15) is 5.75 Å². The van der Waals surface area contributed by atoms with Crippen molar-refractivity contribution >= 4 is 23.1 Å². The average Bonchev–Trinajstić information content (AvgIpc) is 2.69. The van der Waals surface area contributed by atoms with Gasteiger partial charge in [-0.25, -0.2) is 0 Å². The van der Waals surface area contributed by atoms with Crippen molar-refractivity contribution < 1.29 is 19.2 Å². The van der Waals surface area contributed by atoms with Crippen molar-refractivity contribution in [3.63, 3.8) is 0 Å². The highest BCUT2D eigenvalue weighted by Crippen LogP contribution is 2.22. The highest BCUT2D eigenvalue weighted by atomic mass is 16.5. The van der Waals surface area contributed by atoms with Crippen LogP contribution in [0.5, 0.6) is 5.75 Å². The van der Waals surface area contributed by atoms with Gasteiger partial charge in [0.2, 0.25) is 0 Å². The molecule has 2 aromatic carbocycles. The molecule has 1 fully saturated rings. The smallest absolute Gasteiger partial charge is 0.279 e. The summed E-state index contributed by atoms with van der Waals surface area (Å²) in [7, 11) is 1.60. The third-order valence-corrected chi connectivity index (χ3v) is 4.90. The van der Waals surface area contributed by atoms with Crippen LogP contribution in [0.2, 0.25) is 0 Å². The molecular weight excluding hydrogens is 342 g/mol. The van der Waals surface area contributed by atoms with Crippen molar-refractivity contribution in [2.75, 3.05) is 50.1 Å². The van der Waals surface area contributed by atoms with Crippen LogP contribution in [0, 0.1) is 0 Å². The average molecular weight is 368 g/mol. The van der Waals surface area contributed by atoms with Crippen molar-refractivity contribution in [1.29, 1.82) is 0 Å². The minimum absolute atomic E-state index is 0.00578. The molecule has 3 rings (SSSR count). The molecule has 1 saturated heterocycles. The first kappa shape index (κ1) is 18.9. The van der Waals surface area contributed by atoms with Crippen LogP contribution in [0.15, 0.2) is 48.5 Å². The first-order valence-electron chi connectivity index (χ1n) is 9.19. The van der Waals surface area contributed by atoms with Gasteiger partial charge in [0.25, 0.3) is 5.91 Å². The second kappa shape index (κ2) is 8.68. The number of ketones is 1. The van der Waals surface area contributed by atoms with Gasteiger partial charge in [-0.2, -0.15) is 0 Å². The van der Waals surface area contributed by atoms with E-state index in [4.69, 9.17) is 4.74 Å². The van der Waals surface area contributed by atoms with Crippen LogP contribution in [0.4, 0.5) is 11.4 Å². The normalized spacial score (nSPS) is 14.7. The Morgan fingerprint density at radius 1 is 1.07 bits per heavy atom. The minimum atomic E-state index is -0.00578. The van der Waals surface area contributed by atoms with Crippen LogP contribution in [0.3, 0.4) is 0 Å². The summed E-state index contributed by atoms with van der Waals surface area (Å²) in [5, 5.41) is 2.94. The van der Waals surface area contributed by atoms with Crippen LogP contribution in [0.1, 0.15) is 17.3 Å². The SMILES string of the molecule is COc1ccccc1NC(=O)C[NH+]1CCN(c2ccc(C(C)=O)cc2)CC1. The van der Waals surface area contributed by atoms with Crippen LogP contribution in [-0.4, -0.2) is 51.5 Å². The van der Waals surface area contributed by atoms with Gasteiger partial charge in [0.05, 0.1) is 39.0 Å². The monoisotopic (exact) mass is 368 g/mol. The minimum Gasteiger partial charge on any atom is -0.495 e. The largest absolute Gasteiger partial charge is 0.495 e. The fourth-order valence-corrected chi connectivity index (χ4v) is 3.33. The third kappa shape index (κ3) is 4.86. The number of hydrogen-bond donors (Lipinski definition) is 2. The predicted molar refractivity (Wildman–Crippen MR) is 106 cm³/mol. The molecule has 1 amide bonds. The lowest BCUT2D eigenvalue weighted by Crippen LogP contribution is -3.15. The van der Waals surface area contributed by atoms with E-state index in [2.05, 4.69) is 10.2 Å². The quantitative estimate of drug-likeness (QED) is 0.753. The Hall–Kier alpha value is -2.86. The zero-order valence-corrected chi connectivity index (χ0v) is 15.8. The van der Waals surface area contributed by atoms with Crippen LogP contribution in [0.25, 0.3) is 0 Å². The van der Waals surface area contributed by atoms with Crippen molar-refractivity contribution in [2.24, 2.45) is 0 Å². The molecule has 0 bridgehead atoms. The van der Waals surface area contributed by atoms with E-state index in [0.29, 0.717) is 18.0 Å². The van der Waals surface area contributed by atoms with E-state index in [1.54, 1.807) is 14.0 Å². The number of anilines is 2. The number of piperazine rings is 1. The van der Waals surface area contributed by atoms with E-state index in [9.17, 15) is 9.59 Å². The maximum atomic E-state index is 12.4. The van der Waals surface area contributed by atoms with Gasteiger partial charge >= 0.3 is 0 Å². The highest BCUT2D eigenvalue weighted by molar-refractivity contribution is 5.94. The number of para-hydroxylation sites is 2. The van der Waals surface area contributed by atoms with Gasteiger partial charge in [-0.05, 0) is 43.3 Å². The topological polar surface area (TPSA) is 63.1 Å². The fourth-order valence-electron chi connectivity index (χ4n) is 3.33. The number of ether oxygens (including phenoxy) is 1. The van der Waals surface area contributed by atoms with Crippen molar-refractivity contribution in [3.8, 4) is 5.75 Å². The number of Topliss-reactive ketones (excluding diaryl/α,β-unsaturated/α-hetero) is 1. The van der Waals surface area contributed by atoms with Crippen molar-refractivity contribution in [1.82, 2.24) is 0 Å². The Morgan fingerprint density at radius 2 is 1.74 bits per heavy atom. The summed E-state index contributed by atoms with van der Waals surface area (Å²) in [6.45, 7) is 5.58. The molecule has 27 heavy (non-hydrogen) atoms. The lowest BCUT2D eigenvalue weighted by molar-refractivity contribution is -0.892. The Kier molecular flexibility index (Phi) is 6.08. The molecule has 2 N–H and O–H groups in total. The van der Waals surface area contributed by atoms with Gasteiger partial charge in [-0.3, -0.25) is 9.59 Å². The summed E-state index contributed by atoms with van der Waals surface area (Å²) in [6.07, 6.45) is 0. The van der Waals surface area contributed by atoms with E-state index >= 15 is 0 Å². The van der Waals surface area contributed by atoms with Gasteiger partial charge in [0, 0.05) is 11.3 Å². The number of carbonyl (C=O) groups is 2. The molecule has 0 aromatic heterocycles. The summed E-state index contributed by atoms with van der Waals surface area (Å²) < 4.78 is 5.27.